The van der Waals surface area contributed by atoms with E-state index in [4.69, 9.17) is 9.84 Å². The third kappa shape index (κ3) is 4.35. The van der Waals surface area contributed by atoms with Crippen molar-refractivity contribution in [1.29, 1.82) is 0 Å². The molecule has 0 radical (unpaired) electrons. The zero-order chi connectivity index (χ0) is 22.0. The highest BCUT2D eigenvalue weighted by molar-refractivity contribution is 7.98. The number of carboxylic acid groups (broad SMARTS) is 1. The van der Waals surface area contributed by atoms with Crippen molar-refractivity contribution in [3.63, 3.8) is 0 Å². The van der Waals surface area contributed by atoms with Crippen LogP contribution < -0.4 is 5.32 Å². The number of rotatable bonds is 7. The van der Waals surface area contributed by atoms with Crippen molar-refractivity contribution in [1.82, 2.24) is 14.8 Å². The number of nitrogens with zero attached hydrogens (tertiary/aromatic N) is 3. The maximum absolute atomic E-state index is 12.7. The van der Waals surface area contributed by atoms with Crippen molar-refractivity contribution in [3.05, 3.63) is 69.1 Å². The highest BCUT2D eigenvalue weighted by Crippen LogP contribution is 2.38. The van der Waals surface area contributed by atoms with Crippen LogP contribution in [-0.2, 0) is 15.3 Å². The monoisotopic (exact) mass is 456 g/mol. The molecule has 0 spiro atoms. The number of allylic oxidation sites excluding steroid dienone is 1. The van der Waals surface area contributed by atoms with Gasteiger partial charge in [0.2, 0.25) is 11.1 Å². The Morgan fingerprint density at radius 1 is 1.29 bits per heavy atom. The van der Waals surface area contributed by atoms with E-state index in [0.29, 0.717) is 34.7 Å². The first-order valence-corrected chi connectivity index (χ1v) is 11.4. The summed E-state index contributed by atoms with van der Waals surface area (Å²) in [5.74, 6) is -0.175. The Balaban J connectivity index is 1.60. The fraction of sp³-hybridized carbons (Fsp3) is 0.238. The molecule has 31 heavy (non-hydrogen) atoms. The topological polar surface area (TPSA) is 106 Å². The average molecular weight is 457 g/mol. The Hall–Kier alpha value is -3.11. The molecule has 8 nitrogen and oxygen atoms in total. The van der Waals surface area contributed by atoms with Crippen LogP contribution in [0.5, 0.6) is 0 Å². The maximum Gasteiger partial charge on any atom is 0.338 e. The second-order valence-corrected chi connectivity index (χ2v) is 8.68. The lowest BCUT2D eigenvalue weighted by molar-refractivity contribution is -0.139. The van der Waals surface area contributed by atoms with Crippen molar-refractivity contribution in [2.75, 3.05) is 11.9 Å². The fourth-order valence-electron chi connectivity index (χ4n) is 3.27. The van der Waals surface area contributed by atoms with Gasteiger partial charge in [0.25, 0.3) is 0 Å². The molecule has 3 heterocycles. The summed E-state index contributed by atoms with van der Waals surface area (Å²) >= 11 is 2.98. The van der Waals surface area contributed by atoms with Gasteiger partial charge < -0.3 is 15.2 Å². The molecular weight excluding hydrogens is 436 g/mol. The molecule has 0 saturated carbocycles. The van der Waals surface area contributed by atoms with E-state index < -0.39 is 12.0 Å². The zero-order valence-corrected chi connectivity index (χ0v) is 18.5. The number of aromatic nitrogens is 3. The molecule has 2 N–H and O–H groups in total. The van der Waals surface area contributed by atoms with E-state index in [1.807, 2.05) is 24.4 Å². The van der Waals surface area contributed by atoms with Crippen LogP contribution in [0.4, 0.5) is 5.95 Å². The average Bonchev–Trinajstić information content (AvgIpc) is 3.41. The molecule has 1 aromatic carbocycles. The van der Waals surface area contributed by atoms with Gasteiger partial charge in [0, 0.05) is 16.3 Å². The molecule has 0 saturated heterocycles. The molecule has 2 aromatic heterocycles. The normalized spacial score (nSPS) is 15.4. The third-order valence-corrected chi connectivity index (χ3v) is 6.54. The van der Waals surface area contributed by atoms with E-state index in [1.165, 1.54) is 11.8 Å². The number of nitrogens with one attached hydrogen (secondary N) is 1. The van der Waals surface area contributed by atoms with Crippen LogP contribution in [0.25, 0.3) is 0 Å². The number of benzene rings is 1. The minimum atomic E-state index is -0.950. The largest absolute Gasteiger partial charge is 0.478 e. The van der Waals surface area contributed by atoms with Crippen molar-refractivity contribution < 1.29 is 19.4 Å². The summed E-state index contributed by atoms with van der Waals surface area (Å²) in [6, 6.07) is 10.2. The van der Waals surface area contributed by atoms with Crippen LogP contribution >= 0.6 is 23.1 Å². The van der Waals surface area contributed by atoms with Crippen LogP contribution in [0.2, 0.25) is 0 Å². The van der Waals surface area contributed by atoms with Crippen LogP contribution in [0, 0.1) is 0 Å². The summed E-state index contributed by atoms with van der Waals surface area (Å²) in [5.41, 5.74) is 2.42. The van der Waals surface area contributed by atoms with Gasteiger partial charge in [-0.2, -0.15) is 4.98 Å². The molecule has 4 rings (SSSR count). The molecule has 3 aromatic rings. The second kappa shape index (κ2) is 8.94. The minimum Gasteiger partial charge on any atom is -0.478 e. The van der Waals surface area contributed by atoms with E-state index in [0.717, 1.165) is 10.4 Å². The molecule has 0 unspecified atom stereocenters. The predicted octanol–water partition coefficient (Wildman–Crippen LogP) is 4.18. The minimum absolute atomic E-state index is 0.250. The van der Waals surface area contributed by atoms with E-state index in [9.17, 15) is 9.59 Å². The molecule has 0 fully saturated rings. The number of hydrogen-bond acceptors (Lipinski definition) is 8. The van der Waals surface area contributed by atoms with Gasteiger partial charge >= 0.3 is 11.9 Å². The van der Waals surface area contributed by atoms with Gasteiger partial charge in [0.1, 0.15) is 6.04 Å². The van der Waals surface area contributed by atoms with Gasteiger partial charge in [0.05, 0.1) is 17.7 Å². The van der Waals surface area contributed by atoms with Crippen LogP contribution in [-0.4, -0.2) is 38.4 Å². The van der Waals surface area contributed by atoms with Gasteiger partial charge in [-0.1, -0.05) is 30.0 Å². The zero-order valence-electron chi connectivity index (χ0n) is 16.9. The lowest BCUT2D eigenvalue weighted by atomic mass is 10.0. The third-order valence-electron chi connectivity index (χ3n) is 4.71. The van der Waals surface area contributed by atoms with Crippen LogP contribution in [0.15, 0.2) is 58.2 Å². The number of hydrogen-bond donors (Lipinski definition) is 2. The smallest absolute Gasteiger partial charge is 0.338 e. The molecule has 0 amide bonds. The fourth-order valence-corrected chi connectivity index (χ4v) is 4.87. The van der Waals surface area contributed by atoms with E-state index in [2.05, 4.69) is 15.4 Å². The van der Waals surface area contributed by atoms with Gasteiger partial charge in [-0.3, -0.25) is 0 Å². The quantitative estimate of drug-likeness (QED) is 0.403. The van der Waals surface area contributed by atoms with E-state index in [1.54, 1.807) is 47.2 Å². The molecule has 0 aliphatic carbocycles. The number of ether oxygens (including phenoxy) is 1. The summed E-state index contributed by atoms with van der Waals surface area (Å²) in [5, 5.41) is 19.4. The SMILES string of the molecule is CCOC(=O)C1=C(C)Nc2nc(SCc3ccc(C(=O)O)cc3)nn2[C@@H]1c1cccs1. The summed E-state index contributed by atoms with van der Waals surface area (Å²) in [7, 11) is 0. The lowest BCUT2D eigenvalue weighted by Crippen LogP contribution is -2.29. The number of aromatic carboxylic acids is 1. The summed E-state index contributed by atoms with van der Waals surface area (Å²) < 4.78 is 7.02. The Bertz CT molecular complexity index is 1140. The standard InChI is InChI=1S/C21H20N4O4S2/c1-3-29-19(28)16-12(2)22-20-23-21(24-25(20)17(16)15-5-4-10-30-15)31-11-13-6-8-14(9-7-13)18(26)27/h4-10,17H,3,11H2,1-2H3,(H,26,27)(H,22,23,24)/t17-/m1/s1. The second-order valence-electron chi connectivity index (χ2n) is 6.76. The van der Waals surface area contributed by atoms with Crippen LogP contribution in [0.1, 0.15) is 40.7 Å². The van der Waals surface area contributed by atoms with Gasteiger partial charge in [-0.05, 0) is 43.0 Å². The summed E-state index contributed by atoms with van der Waals surface area (Å²) in [6.45, 7) is 3.91. The number of thioether (sulfide) groups is 1. The van der Waals surface area contributed by atoms with Crippen molar-refractivity contribution >= 4 is 41.0 Å². The molecular formula is C21H20N4O4S2. The molecule has 1 aliphatic heterocycles. The van der Waals surface area contributed by atoms with E-state index >= 15 is 0 Å². The molecule has 160 valence electrons. The first-order chi connectivity index (χ1) is 15.0. The lowest BCUT2D eigenvalue weighted by Gasteiger charge is -2.26. The number of fused-ring (bicyclic) bond motifs is 1. The highest BCUT2D eigenvalue weighted by Gasteiger charge is 2.35. The number of esters is 1. The van der Waals surface area contributed by atoms with Crippen molar-refractivity contribution in [2.24, 2.45) is 0 Å². The molecule has 10 heteroatoms. The van der Waals surface area contributed by atoms with Gasteiger partial charge in [-0.15, -0.1) is 16.4 Å². The van der Waals surface area contributed by atoms with Gasteiger partial charge in [-0.25, -0.2) is 14.3 Å². The molecule has 0 bridgehead atoms. The summed E-state index contributed by atoms with van der Waals surface area (Å²) in [6.07, 6.45) is 0. The Morgan fingerprint density at radius 2 is 2.06 bits per heavy atom. The number of carbonyl (C=O) groups is 2. The molecule has 1 aliphatic rings. The van der Waals surface area contributed by atoms with Crippen LogP contribution in [0.3, 0.4) is 0 Å². The summed E-state index contributed by atoms with van der Waals surface area (Å²) in [4.78, 5) is 29.3. The number of thiophene rings is 1. The Labute approximate surface area is 187 Å². The number of carbonyl (C=O) groups excluding carboxylic acids is 1. The van der Waals surface area contributed by atoms with Crippen molar-refractivity contribution in [2.45, 2.75) is 30.8 Å². The predicted molar refractivity (Wildman–Crippen MR) is 118 cm³/mol. The highest BCUT2D eigenvalue weighted by atomic mass is 32.2. The first kappa shape index (κ1) is 21.1. The van der Waals surface area contributed by atoms with E-state index in [-0.39, 0.29) is 11.5 Å². The molecule has 1 atom stereocenters. The first-order valence-electron chi connectivity index (χ1n) is 9.57. The Kier molecular flexibility index (Phi) is 6.10. The Morgan fingerprint density at radius 3 is 2.71 bits per heavy atom. The van der Waals surface area contributed by atoms with Gasteiger partial charge in [0.15, 0.2) is 0 Å². The number of carboxylic acids is 1. The maximum atomic E-state index is 12.7. The number of anilines is 1. The van der Waals surface area contributed by atoms with Crippen molar-refractivity contribution in [3.8, 4) is 0 Å².